The minimum Gasteiger partial charge on any atom is -0.490 e. The third-order valence-electron chi connectivity index (χ3n) is 2.69. The summed E-state index contributed by atoms with van der Waals surface area (Å²) in [5.41, 5.74) is 6.56. The molecule has 2 N–H and O–H groups in total. The zero-order valence-corrected chi connectivity index (χ0v) is 11.6. The molecule has 0 radical (unpaired) electrons. The molecule has 2 aromatic rings. The third kappa shape index (κ3) is 3.85. The first-order chi connectivity index (χ1) is 9.70. The van der Waals surface area contributed by atoms with Gasteiger partial charge in [0.05, 0.1) is 5.02 Å². The summed E-state index contributed by atoms with van der Waals surface area (Å²) in [4.78, 5) is 0. The number of rotatable bonds is 6. The Morgan fingerprint density at radius 1 is 1.05 bits per heavy atom. The molecule has 106 valence electrons. The van der Waals surface area contributed by atoms with Crippen LogP contribution in [-0.2, 0) is 6.54 Å². The van der Waals surface area contributed by atoms with Crippen LogP contribution in [0.4, 0.5) is 4.39 Å². The average molecular weight is 296 g/mol. The molecule has 20 heavy (non-hydrogen) atoms. The van der Waals surface area contributed by atoms with E-state index in [0.29, 0.717) is 25.5 Å². The van der Waals surface area contributed by atoms with Crippen molar-refractivity contribution in [3.05, 3.63) is 58.9 Å². The van der Waals surface area contributed by atoms with Crippen LogP contribution < -0.4 is 15.2 Å². The molecule has 0 aliphatic rings. The van der Waals surface area contributed by atoms with Gasteiger partial charge >= 0.3 is 0 Å². The van der Waals surface area contributed by atoms with Gasteiger partial charge in [0.2, 0.25) is 0 Å². The summed E-state index contributed by atoms with van der Waals surface area (Å²) in [5, 5.41) is 0.0388. The summed E-state index contributed by atoms with van der Waals surface area (Å²) >= 11 is 5.66. The lowest BCUT2D eigenvalue weighted by molar-refractivity contribution is 0.216. The molecule has 0 amide bonds. The highest BCUT2D eigenvalue weighted by molar-refractivity contribution is 6.30. The van der Waals surface area contributed by atoms with E-state index < -0.39 is 5.82 Å². The number of hydrogen-bond acceptors (Lipinski definition) is 3. The lowest BCUT2D eigenvalue weighted by Crippen LogP contribution is -2.10. The SMILES string of the molecule is NCc1ccccc1OCCOc1ccc(F)c(Cl)c1. The molecule has 0 atom stereocenters. The van der Waals surface area contributed by atoms with Crippen LogP contribution >= 0.6 is 11.6 Å². The van der Waals surface area contributed by atoms with Gasteiger partial charge < -0.3 is 15.2 Å². The van der Waals surface area contributed by atoms with Gasteiger partial charge in [-0.3, -0.25) is 0 Å². The van der Waals surface area contributed by atoms with Gasteiger partial charge in [-0.25, -0.2) is 4.39 Å². The van der Waals surface area contributed by atoms with Crippen LogP contribution in [0.1, 0.15) is 5.56 Å². The number of benzene rings is 2. The topological polar surface area (TPSA) is 44.5 Å². The van der Waals surface area contributed by atoms with Crippen molar-refractivity contribution in [3.8, 4) is 11.5 Å². The summed E-state index contributed by atoms with van der Waals surface area (Å²) in [7, 11) is 0. The molecule has 3 nitrogen and oxygen atoms in total. The molecule has 0 fully saturated rings. The summed E-state index contributed by atoms with van der Waals surface area (Å²) in [6.45, 7) is 1.12. The van der Waals surface area contributed by atoms with Crippen molar-refractivity contribution < 1.29 is 13.9 Å². The lowest BCUT2D eigenvalue weighted by Gasteiger charge is -2.11. The Labute approximate surface area is 122 Å². The van der Waals surface area contributed by atoms with E-state index in [0.717, 1.165) is 11.3 Å². The predicted molar refractivity (Wildman–Crippen MR) is 76.7 cm³/mol. The first-order valence-corrected chi connectivity index (χ1v) is 6.57. The molecule has 0 heterocycles. The molecule has 2 aromatic carbocycles. The summed E-state index contributed by atoms with van der Waals surface area (Å²) in [6.07, 6.45) is 0. The van der Waals surface area contributed by atoms with E-state index in [1.54, 1.807) is 0 Å². The molecule has 0 saturated heterocycles. The second-order valence-corrected chi connectivity index (χ2v) is 4.49. The van der Waals surface area contributed by atoms with Gasteiger partial charge in [-0.1, -0.05) is 29.8 Å². The van der Waals surface area contributed by atoms with E-state index in [1.165, 1.54) is 18.2 Å². The summed E-state index contributed by atoms with van der Waals surface area (Å²) in [5.74, 6) is 0.787. The van der Waals surface area contributed by atoms with Crippen molar-refractivity contribution in [3.63, 3.8) is 0 Å². The number of ether oxygens (including phenoxy) is 2. The average Bonchev–Trinajstić information content (AvgIpc) is 2.47. The fourth-order valence-corrected chi connectivity index (χ4v) is 1.86. The van der Waals surface area contributed by atoms with Gasteiger partial charge in [0, 0.05) is 18.2 Å². The van der Waals surface area contributed by atoms with E-state index >= 15 is 0 Å². The number of para-hydroxylation sites is 1. The molecule has 5 heteroatoms. The van der Waals surface area contributed by atoms with Crippen molar-refractivity contribution in [2.24, 2.45) is 5.73 Å². The Morgan fingerprint density at radius 3 is 2.55 bits per heavy atom. The van der Waals surface area contributed by atoms with E-state index in [9.17, 15) is 4.39 Å². The standard InChI is InChI=1S/C15H15ClFNO2/c16-13-9-12(5-6-14(13)17)19-7-8-20-15-4-2-1-3-11(15)10-18/h1-6,9H,7-8,10,18H2. The molecular formula is C15H15ClFNO2. The molecule has 0 aromatic heterocycles. The van der Waals surface area contributed by atoms with Gasteiger partial charge in [0.15, 0.2) is 0 Å². The Kier molecular flexibility index (Phi) is 5.21. The third-order valence-corrected chi connectivity index (χ3v) is 2.98. The minimum atomic E-state index is -0.466. The van der Waals surface area contributed by atoms with E-state index in [2.05, 4.69) is 0 Å². The van der Waals surface area contributed by atoms with Gasteiger partial charge in [-0.15, -0.1) is 0 Å². The zero-order valence-electron chi connectivity index (χ0n) is 10.8. The molecule has 0 bridgehead atoms. The van der Waals surface area contributed by atoms with Crippen molar-refractivity contribution >= 4 is 11.6 Å². The van der Waals surface area contributed by atoms with Crippen LogP contribution in [0.5, 0.6) is 11.5 Å². The first-order valence-electron chi connectivity index (χ1n) is 6.19. The van der Waals surface area contributed by atoms with Crippen molar-refractivity contribution in [1.82, 2.24) is 0 Å². The second kappa shape index (κ2) is 7.12. The second-order valence-electron chi connectivity index (χ2n) is 4.08. The largest absolute Gasteiger partial charge is 0.490 e. The van der Waals surface area contributed by atoms with Gasteiger partial charge in [0.1, 0.15) is 30.5 Å². The smallest absolute Gasteiger partial charge is 0.142 e. The van der Waals surface area contributed by atoms with Crippen LogP contribution in [0, 0.1) is 5.82 Å². The Morgan fingerprint density at radius 2 is 1.80 bits per heavy atom. The molecule has 2 rings (SSSR count). The predicted octanol–water partition coefficient (Wildman–Crippen LogP) is 3.40. The summed E-state index contributed by atoms with van der Waals surface area (Å²) in [6, 6.07) is 11.8. The number of nitrogens with two attached hydrogens (primary N) is 1. The lowest BCUT2D eigenvalue weighted by atomic mass is 10.2. The van der Waals surface area contributed by atoms with Crippen molar-refractivity contribution in [1.29, 1.82) is 0 Å². The molecule has 0 aliphatic heterocycles. The molecular weight excluding hydrogens is 281 g/mol. The monoisotopic (exact) mass is 295 g/mol. The zero-order chi connectivity index (χ0) is 14.4. The highest BCUT2D eigenvalue weighted by Crippen LogP contribution is 2.21. The molecule has 0 unspecified atom stereocenters. The fraction of sp³-hybridized carbons (Fsp3) is 0.200. The molecule has 0 saturated carbocycles. The van der Waals surface area contributed by atoms with Crippen LogP contribution in [0.25, 0.3) is 0 Å². The molecule has 0 aliphatic carbocycles. The van der Waals surface area contributed by atoms with Gasteiger partial charge in [0.25, 0.3) is 0 Å². The van der Waals surface area contributed by atoms with Crippen molar-refractivity contribution in [2.75, 3.05) is 13.2 Å². The highest BCUT2D eigenvalue weighted by Gasteiger charge is 2.03. The number of halogens is 2. The highest BCUT2D eigenvalue weighted by atomic mass is 35.5. The number of hydrogen-bond donors (Lipinski definition) is 1. The fourth-order valence-electron chi connectivity index (χ4n) is 1.69. The first kappa shape index (κ1) is 14.6. The van der Waals surface area contributed by atoms with Crippen LogP contribution in [0.2, 0.25) is 5.02 Å². The maximum atomic E-state index is 13.0. The van der Waals surface area contributed by atoms with Crippen molar-refractivity contribution in [2.45, 2.75) is 6.54 Å². The summed E-state index contributed by atoms with van der Waals surface area (Å²) < 4.78 is 24.0. The van der Waals surface area contributed by atoms with Crippen LogP contribution in [0.15, 0.2) is 42.5 Å². The van der Waals surface area contributed by atoms with E-state index in [4.69, 9.17) is 26.8 Å². The van der Waals surface area contributed by atoms with Gasteiger partial charge in [-0.2, -0.15) is 0 Å². The maximum Gasteiger partial charge on any atom is 0.142 e. The van der Waals surface area contributed by atoms with Crippen LogP contribution in [0.3, 0.4) is 0 Å². The van der Waals surface area contributed by atoms with E-state index in [1.807, 2.05) is 24.3 Å². The quantitative estimate of drug-likeness (QED) is 0.831. The van der Waals surface area contributed by atoms with Crippen LogP contribution in [-0.4, -0.2) is 13.2 Å². The maximum absolute atomic E-state index is 13.0. The Bertz CT molecular complexity index is 578. The molecule has 0 spiro atoms. The Balaban J connectivity index is 1.83. The van der Waals surface area contributed by atoms with E-state index in [-0.39, 0.29) is 5.02 Å². The normalized spacial score (nSPS) is 10.3. The Hall–Kier alpha value is -1.78. The minimum absolute atomic E-state index is 0.0388. The van der Waals surface area contributed by atoms with Gasteiger partial charge in [-0.05, 0) is 18.2 Å².